The number of rotatable bonds is 10. The number of pyridine rings is 1. The standard InChI is InChI=1S/C40H49N7O6.C2HF3O2/c1-40(2,3)53-39(51)43-24-27-6-10-30(11-7-27)37(49)47(32-15-12-29(13-16-32)34-23-36(48)45-44-34)38(50)33(41)22-26-4-8-28(9-5-26)31-14-17-35(42-25-31)46-18-20-52-21-19-46;3-2(4,5)1(6)7/h4-5,8-9,12-17,23,25,27,30,33H,6-7,10-11,18-22,24,41H2,1-3H3,(H,43,51)(H2,44,45,48);(H,6,7)/t27?,30?,33-;/m0./s1. The molecule has 3 heterocycles. The van der Waals surface area contributed by atoms with Crippen molar-refractivity contribution >= 4 is 35.4 Å². The molecule has 15 nitrogen and oxygen atoms in total. The zero-order valence-corrected chi connectivity index (χ0v) is 33.6. The number of H-pyrrole nitrogens is 2. The zero-order chi connectivity index (χ0) is 43.6. The van der Waals surface area contributed by atoms with Gasteiger partial charge in [-0.2, -0.15) is 13.2 Å². The molecule has 3 amide bonds. The summed E-state index contributed by atoms with van der Waals surface area (Å²) >= 11 is 0. The van der Waals surface area contributed by atoms with Gasteiger partial charge in [-0.1, -0.05) is 36.4 Å². The molecule has 1 atom stereocenters. The number of aromatic nitrogens is 3. The van der Waals surface area contributed by atoms with Crippen LogP contribution in [0.5, 0.6) is 0 Å². The highest BCUT2D eigenvalue weighted by Crippen LogP contribution is 2.32. The Balaban J connectivity index is 0.000000896. The number of hydrogen-bond acceptors (Lipinski definition) is 10. The molecule has 1 aliphatic carbocycles. The summed E-state index contributed by atoms with van der Waals surface area (Å²) < 4.78 is 42.5. The molecule has 322 valence electrons. The maximum atomic E-state index is 14.2. The fourth-order valence-corrected chi connectivity index (χ4v) is 6.86. The van der Waals surface area contributed by atoms with E-state index in [1.165, 1.54) is 11.0 Å². The number of imide groups is 1. The number of carbonyl (C=O) groups excluding carboxylic acids is 3. The number of nitrogens with one attached hydrogen (secondary N) is 3. The lowest BCUT2D eigenvalue weighted by Crippen LogP contribution is -2.50. The summed E-state index contributed by atoms with van der Waals surface area (Å²) in [5.41, 5.74) is 10.3. The molecule has 2 aromatic carbocycles. The number of amides is 3. The number of carboxylic acid groups (broad SMARTS) is 1. The summed E-state index contributed by atoms with van der Waals surface area (Å²) in [5.74, 6) is -2.80. The Bertz CT molecular complexity index is 2120. The van der Waals surface area contributed by atoms with Crippen molar-refractivity contribution in [2.24, 2.45) is 17.6 Å². The van der Waals surface area contributed by atoms with Crippen LogP contribution >= 0.6 is 0 Å². The fraction of sp³-hybridized carbons (Fsp3) is 0.429. The number of nitrogens with zero attached hydrogens (tertiary/aromatic N) is 3. The van der Waals surface area contributed by atoms with Gasteiger partial charge in [0, 0.05) is 43.4 Å². The molecule has 1 aliphatic heterocycles. The lowest BCUT2D eigenvalue weighted by molar-refractivity contribution is -0.192. The summed E-state index contributed by atoms with van der Waals surface area (Å²) in [4.78, 5) is 69.2. The minimum Gasteiger partial charge on any atom is -0.475 e. The van der Waals surface area contributed by atoms with Gasteiger partial charge in [0.05, 0.1) is 30.6 Å². The van der Waals surface area contributed by atoms with Gasteiger partial charge in [0.2, 0.25) is 5.91 Å². The number of morpholine rings is 1. The number of benzene rings is 2. The highest BCUT2D eigenvalue weighted by atomic mass is 19.4. The first kappa shape index (κ1) is 45.1. The minimum atomic E-state index is -5.08. The van der Waals surface area contributed by atoms with Gasteiger partial charge in [0.1, 0.15) is 11.4 Å². The molecule has 18 heteroatoms. The zero-order valence-electron chi connectivity index (χ0n) is 33.6. The SMILES string of the molecule is CC(C)(C)OC(=O)NCC1CCC(C(=O)N(C(=O)[C@@H](N)Cc2ccc(-c3ccc(N4CCOCC4)nc3)cc2)c2ccc(-c3cc(=O)[nH][nH]3)cc2)CC1.O=C(O)C(F)(F)F. The third-order valence-corrected chi connectivity index (χ3v) is 9.99. The van der Waals surface area contributed by atoms with Crippen molar-refractivity contribution in [3.05, 3.63) is 88.8 Å². The van der Waals surface area contributed by atoms with E-state index in [1.54, 1.807) is 24.3 Å². The molecule has 0 radical (unpaired) electrons. The Morgan fingerprint density at radius 1 is 0.933 bits per heavy atom. The second kappa shape index (κ2) is 19.8. The first-order chi connectivity index (χ1) is 28.4. The van der Waals surface area contributed by atoms with Crippen LogP contribution < -0.4 is 26.4 Å². The number of nitrogens with two attached hydrogens (primary N) is 1. The summed E-state index contributed by atoms with van der Waals surface area (Å²) in [7, 11) is 0. The Hall–Kier alpha value is -6.01. The van der Waals surface area contributed by atoms with Gasteiger partial charge >= 0.3 is 18.2 Å². The second-order valence-corrected chi connectivity index (χ2v) is 15.6. The van der Waals surface area contributed by atoms with Gasteiger partial charge < -0.3 is 30.5 Å². The summed E-state index contributed by atoms with van der Waals surface area (Å²) in [6, 6.07) is 19.3. The lowest BCUT2D eigenvalue weighted by Gasteiger charge is -2.32. The number of ether oxygens (including phenoxy) is 2. The first-order valence-electron chi connectivity index (χ1n) is 19.5. The second-order valence-electron chi connectivity index (χ2n) is 15.6. The monoisotopic (exact) mass is 837 g/mol. The average Bonchev–Trinajstić information content (AvgIpc) is 3.66. The molecule has 60 heavy (non-hydrogen) atoms. The number of halogens is 3. The molecule has 0 bridgehead atoms. The number of alkyl halides is 3. The van der Waals surface area contributed by atoms with Crippen LogP contribution in [0.25, 0.3) is 22.4 Å². The van der Waals surface area contributed by atoms with Gasteiger partial charge in [0.25, 0.3) is 11.5 Å². The Morgan fingerprint density at radius 3 is 2.07 bits per heavy atom. The lowest BCUT2D eigenvalue weighted by atomic mass is 9.81. The van der Waals surface area contributed by atoms with Crippen LogP contribution in [0.1, 0.15) is 52.0 Å². The summed E-state index contributed by atoms with van der Waals surface area (Å²) in [6.45, 7) is 8.95. The predicted octanol–water partition coefficient (Wildman–Crippen LogP) is 5.66. The topological polar surface area (TPSA) is 213 Å². The number of hydrogen-bond donors (Lipinski definition) is 5. The van der Waals surface area contributed by atoms with Crippen molar-refractivity contribution in [2.75, 3.05) is 42.6 Å². The number of anilines is 2. The van der Waals surface area contributed by atoms with E-state index in [9.17, 15) is 32.3 Å². The van der Waals surface area contributed by atoms with Crippen LogP contribution in [0.4, 0.5) is 29.5 Å². The third kappa shape index (κ3) is 12.7. The molecule has 1 saturated heterocycles. The average molecular weight is 838 g/mol. The minimum absolute atomic E-state index is 0.197. The van der Waals surface area contributed by atoms with E-state index in [1.807, 2.05) is 57.3 Å². The van der Waals surface area contributed by atoms with Crippen LogP contribution in [-0.2, 0) is 30.3 Å². The van der Waals surface area contributed by atoms with Crippen molar-refractivity contribution in [1.29, 1.82) is 0 Å². The summed E-state index contributed by atoms with van der Waals surface area (Å²) in [5, 5.41) is 15.3. The molecule has 2 aromatic heterocycles. The number of aliphatic carboxylic acids is 1. The maximum Gasteiger partial charge on any atom is 0.490 e. The van der Waals surface area contributed by atoms with E-state index in [4.69, 9.17) is 25.1 Å². The molecule has 6 N–H and O–H groups in total. The number of alkyl carbamates (subject to hydrolysis) is 1. The molecule has 1 saturated carbocycles. The van der Waals surface area contributed by atoms with Gasteiger partial charge in [-0.25, -0.2) is 19.5 Å². The van der Waals surface area contributed by atoms with Gasteiger partial charge in [-0.3, -0.25) is 24.6 Å². The molecule has 4 aromatic rings. The van der Waals surface area contributed by atoms with Crippen LogP contribution in [0.3, 0.4) is 0 Å². The number of aromatic amines is 2. The predicted molar refractivity (Wildman–Crippen MR) is 217 cm³/mol. The Kier molecular flexibility index (Phi) is 14.9. The Labute approximate surface area is 344 Å². The number of carbonyl (C=O) groups is 4. The Morgan fingerprint density at radius 2 is 1.53 bits per heavy atom. The van der Waals surface area contributed by atoms with Crippen molar-refractivity contribution in [3.8, 4) is 22.4 Å². The number of carboxylic acids is 1. The molecular formula is C42H50F3N7O8. The van der Waals surface area contributed by atoms with E-state index in [0.29, 0.717) is 44.0 Å². The van der Waals surface area contributed by atoms with Crippen molar-refractivity contribution in [3.63, 3.8) is 0 Å². The highest BCUT2D eigenvalue weighted by Gasteiger charge is 2.38. The normalized spacial score (nSPS) is 17.4. The van der Waals surface area contributed by atoms with Gasteiger partial charge in [-0.15, -0.1) is 0 Å². The quantitative estimate of drug-likeness (QED) is 0.131. The molecule has 2 aliphatic rings. The van der Waals surface area contributed by atoms with Gasteiger partial charge in [0.15, 0.2) is 0 Å². The molecule has 6 rings (SSSR count). The van der Waals surface area contributed by atoms with E-state index in [2.05, 4.69) is 31.5 Å². The van der Waals surface area contributed by atoms with Crippen molar-refractivity contribution in [2.45, 2.75) is 70.7 Å². The van der Waals surface area contributed by atoms with E-state index >= 15 is 0 Å². The largest absolute Gasteiger partial charge is 0.490 e. The molecule has 0 spiro atoms. The molecule has 2 fully saturated rings. The van der Waals surface area contributed by atoms with Crippen LogP contribution in [0, 0.1) is 11.8 Å². The van der Waals surface area contributed by atoms with Crippen LogP contribution in [-0.4, -0.2) is 94.8 Å². The van der Waals surface area contributed by atoms with Gasteiger partial charge in [-0.05, 0) is 99.7 Å². The van der Waals surface area contributed by atoms with E-state index in [-0.39, 0.29) is 29.7 Å². The first-order valence-corrected chi connectivity index (χ1v) is 19.5. The molecule has 0 unspecified atom stereocenters. The molecular weight excluding hydrogens is 787 g/mol. The fourth-order valence-electron chi connectivity index (χ4n) is 6.86. The van der Waals surface area contributed by atoms with E-state index < -0.39 is 35.8 Å². The third-order valence-electron chi connectivity index (χ3n) is 9.99. The smallest absolute Gasteiger partial charge is 0.475 e. The van der Waals surface area contributed by atoms with Crippen molar-refractivity contribution < 1.29 is 46.9 Å². The van der Waals surface area contributed by atoms with Crippen molar-refractivity contribution in [1.82, 2.24) is 20.5 Å². The summed E-state index contributed by atoms with van der Waals surface area (Å²) in [6.07, 6.45) is -0.852. The highest BCUT2D eigenvalue weighted by molar-refractivity contribution is 6.17. The van der Waals surface area contributed by atoms with E-state index in [0.717, 1.165) is 54.0 Å². The maximum absolute atomic E-state index is 14.2. The van der Waals surface area contributed by atoms with Crippen LogP contribution in [0.15, 0.2) is 77.7 Å². The van der Waals surface area contributed by atoms with Crippen LogP contribution in [0.2, 0.25) is 0 Å².